The van der Waals surface area contributed by atoms with E-state index >= 15 is 0 Å². The standard InChI is InChI=1S/C19H19Cl2N3O/c1-10-15(9-24(2)23-10)19(25)22-16-5-3-4-12-13-7-6-11(8-14(12)16)17(13)18(20)21/h3-5,9,11,13H,6-8H2,1-2H3,(H,22,25). The summed E-state index contributed by atoms with van der Waals surface area (Å²) in [5.74, 6) is 0.527. The Bertz CT molecular complexity index is 896. The minimum Gasteiger partial charge on any atom is -0.322 e. The van der Waals surface area contributed by atoms with Crippen molar-refractivity contribution in [3.63, 3.8) is 0 Å². The van der Waals surface area contributed by atoms with Gasteiger partial charge in [-0.1, -0.05) is 35.3 Å². The number of aryl methyl sites for hydroxylation is 2. The summed E-state index contributed by atoms with van der Waals surface area (Å²) in [5, 5.41) is 7.32. The number of halogens is 2. The first-order valence-electron chi connectivity index (χ1n) is 8.44. The molecule has 4 nitrogen and oxygen atoms in total. The molecule has 2 aliphatic rings. The second-order valence-corrected chi connectivity index (χ2v) is 7.83. The van der Waals surface area contributed by atoms with E-state index in [0.29, 0.717) is 16.0 Å². The Labute approximate surface area is 156 Å². The van der Waals surface area contributed by atoms with Gasteiger partial charge in [0, 0.05) is 24.8 Å². The van der Waals surface area contributed by atoms with E-state index in [0.717, 1.165) is 30.6 Å². The third-order valence-electron chi connectivity index (χ3n) is 5.38. The quantitative estimate of drug-likeness (QED) is 0.825. The number of aromatic nitrogens is 2. The summed E-state index contributed by atoms with van der Waals surface area (Å²) in [6.45, 7) is 1.84. The Morgan fingerprint density at radius 1 is 1.32 bits per heavy atom. The molecular weight excluding hydrogens is 357 g/mol. The summed E-state index contributed by atoms with van der Waals surface area (Å²) in [6.07, 6.45) is 4.77. The molecule has 130 valence electrons. The SMILES string of the molecule is Cc1nn(C)cc1C(=O)Nc1cccc2c1CC1CCC2C1=C(Cl)Cl. The van der Waals surface area contributed by atoms with Crippen LogP contribution in [0, 0.1) is 12.8 Å². The van der Waals surface area contributed by atoms with E-state index in [1.54, 1.807) is 10.9 Å². The van der Waals surface area contributed by atoms with E-state index in [-0.39, 0.29) is 11.8 Å². The first kappa shape index (κ1) is 16.7. The van der Waals surface area contributed by atoms with Gasteiger partial charge in [-0.25, -0.2) is 0 Å². The van der Waals surface area contributed by atoms with Crippen molar-refractivity contribution >= 4 is 34.8 Å². The number of nitrogens with one attached hydrogen (secondary N) is 1. The van der Waals surface area contributed by atoms with Gasteiger partial charge in [0.05, 0.1) is 11.3 Å². The maximum Gasteiger partial charge on any atom is 0.259 e. The molecule has 1 aromatic heterocycles. The van der Waals surface area contributed by atoms with Crippen molar-refractivity contribution in [1.29, 1.82) is 0 Å². The minimum absolute atomic E-state index is 0.122. The van der Waals surface area contributed by atoms with Crippen LogP contribution in [0.2, 0.25) is 0 Å². The Kier molecular flexibility index (Phi) is 4.13. The number of hydrogen-bond acceptors (Lipinski definition) is 2. The molecule has 2 aliphatic carbocycles. The van der Waals surface area contributed by atoms with E-state index in [9.17, 15) is 4.79 Å². The fraction of sp³-hybridized carbons (Fsp3) is 0.368. The average molecular weight is 376 g/mol. The number of carbonyl (C=O) groups excluding carboxylic acids is 1. The molecule has 1 aromatic carbocycles. The van der Waals surface area contributed by atoms with Gasteiger partial charge in [0.2, 0.25) is 0 Å². The first-order valence-corrected chi connectivity index (χ1v) is 9.19. The van der Waals surface area contributed by atoms with Crippen LogP contribution in [0.4, 0.5) is 5.69 Å². The predicted octanol–water partition coefficient (Wildman–Crippen LogP) is 4.72. The van der Waals surface area contributed by atoms with Crippen molar-refractivity contribution in [3.05, 3.63) is 56.8 Å². The number of benzene rings is 1. The molecule has 1 amide bonds. The Balaban J connectivity index is 1.69. The Morgan fingerprint density at radius 3 is 2.80 bits per heavy atom. The first-order chi connectivity index (χ1) is 12.0. The minimum atomic E-state index is -0.122. The molecule has 1 saturated carbocycles. The van der Waals surface area contributed by atoms with Crippen molar-refractivity contribution < 1.29 is 4.79 Å². The number of hydrogen-bond donors (Lipinski definition) is 1. The molecule has 6 heteroatoms. The van der Waals surface area contributed by atoms with Crippen molar-refractivity contribution in [1.82, 2.24) is 9.78 Å². The topological polar surface area (TPSA) is 46.9 Å². The molecule has 0 aliphatic heterocycles. The van der Waals surface area contributed by atoms with Gasteiger partial charge in [-0.2, -0.15) is 5.10 Å². The van der Waals surface area contributed by atoms with Crippen LogP contribution >= 0.6 is 23.2 Å². The number of nitrogens with zero attached hydrogens (tertiary/aromatic N) is 2. The smallest absolute Gasteiger partial charge is 0.259 e. The number of fused-ring (bicyclic) bond motifs is 4. The molecular formula is C19H19Cl2N3O. The van der Waals surface area contributed by atoms with Crippen molar-refractivity contribution in [2.75, 3.05) is 5.32 Å². The second-order valence-electron chi connectivity index (χ2n) is 6.88. The highest BCUT2D eigenvalue weighted by Crippen LogP contribution is 2.53. The molecule has 0 radical (unpaired) electrons. The van der Waals surface area contributed by atoms with Crippen LogP contribution in [0.3, 0.4) is 0 Å². The number of carbonyl (C=O) groups is 1. The zero-order valence-corrected chi connectivity index (χ0v) is 15.7. The van der Waals surface area contributed by atoms with E-state index in [1.807, 2.05) is 26.1 Å². The summed E-state index contributed by atoms with van der Waals surface area (Å²) >= 11 is 12.3. The fourth-order valence-corrected chi connectivity index (χ4v) is 4.89. The summed E-state index contributed by atoms with van der Waals surface area (Å²) < 4.78 is 2.07. The van der Waals surface area contributed by atoms with Crippen LogP contribution in [0.1, 0.15) is 45.9 Å². The molecule has 2 unspecified atom stereocenters. The van der Waals surface area contributed by atoms with Gasteiger partial charge >= 0.3 is 0 Å². The van der Waals surface area contributed by atoms with Crippen molar-refractivity contribution in [3.8, 4) is 0 Å². The molecule has 0 spiro atoms. The molecule has 1 N–H and O–H groups in total. The highest BCUT2D eigenvalue weighted by molar-refractivity contribution is 6.56. The molecule has 2 bridgehead atoms. The summed E-state index contributed by atoms with van der Waals surface area (Å²) in [5.41, 5.74) is 5.83. The summed E-state index contributed by atoms with van der Waals surface area (Å²) in [6, 6.07) is 6.09. The number of amides is 1. The lowest BCUT2D eigenvalue weighted by molar-refractivity contribution is 0.102. The lowest BCUT2D eigenvalue weighted by Gasteiger charge is -2.28. The van der Waals surface area contributed by atoms with E-state index in [4.69, 9.17) is 23.2 Å². The van der Waals surface area contributed by atoms with E-state index < -0.39 is 0 Å². The average Bonchev–Trinajstić information content (AvgIpc) is 3.07. The zero-order chi connectivity index (χ0) is 17.7. The van der Waals surface area contributed by atoms with Gasteiger partial charge in [0.15, 0.2) is 0 Å². The van der Waals surface area contributed by atoms with Crippen LogP contribution in [-0.4, -0.2) is 15.7 Å². The Morgan fingerprint density at radius 2 is 2.12 bits per heavy atom. The maximum atomic E-state index is 12.7. The van der Waals surface area contributed by atoms with Crippen LogP contribution < -0.4 is 5.32 Å². The van der Waals surface area contributed by atoms with Gasteiger partial charge in [-0.05, 0) is 54.9 Å². The predicted molar refractivity (Wildman–Crippen MR) is 100 cm³/mol. The molecule has 25 heavy (non-hydrogen) atoms. The van der Waals surface area contributed by atoms with Crippen LogP contribution in [-0.2, 0) is 13.5 Å². The molecule has 0 saturated heterocycles. The molecule has 2 atom stereocenters. The van der Waals surface area contributed by atoms with Crippen molar-refractivity contribution in [2.45, 2.75) is 32.1 Å². The maximum absolute atomic E-state index is 12.7. The molecule has 2 aromatic rings. The number of rotatable bonds is 2. The molecule has 1 heterocycles. The lowest BCUT2D eigenvalue weighted by Crippen LogP contribution is -2.19. The van der Waals surface area contributed by atoms with Gasteiger partial charge in [-0.15, -0.1) is 0 Å². The van der Waals surface area contributed by atoms with Gasteiger partial charge < -0.3 is 5.32 Å². The highest BCUT2D eigenvalue weighted by atomic mass is 35.5. The number of anilines is 1. The van der Waals surface area contributed by atoms with Crippen molar-refractivity contribution in [2.24, 2.45) is 13.0 Å². The monoisotopic (exact) mass is 375 g/mol. The Hall–Kier alpha value is -1.78. The third-order valence-corrected chi connectivity index (χ3v) is 5.82. The van der Waals surface area contributed by atoms with Crippen LogP contribution in [0.15, 0.2) is 34.5 Å². The zero-order valence-electron chi connectivity index (χ0n) is 14.1. The summed E-state index contributed by atoms with van der Waals surface area (Å²) in [7, 11) is 1.82. The third kappa shape index (κ3) is 2.77. The molecule has 4 rings (SSSR count). The van der Waals surface area contributed by atoms with Gasteiger partial charge in [0.1, 0.15) is 4.49 Å². The van der Waals surface area contributed by atoms with Crippen LogP contribution in [0.5, 0.6) is 0 Å². The normalized spacial score (nSPS) is 21.2. The summed E-state index contributed by atoms with van der Waals surface area (Å²) in [4.78, 5) is 12.7. The van der Waals surface area contributed by atoms with Crippen LogP contribution in [0.25, 0.3) is 0 Å². The molecule has 1 fully saturated rings. The largest absolute Gasteiger partial charge is 0.322 e. The van der Waals surface area contributed by atoms with E-state index in [2.05, 4.69) is 16.5 Å². The second kappa shape index (κ2) is 6.19. The highest BCUT2D eigenvalue weighted by Gasteiger charge is 2.39. The fourth-order valence-electron chi connectivity index (χ4n) is 4.32. The van der Waals surface area contributed by atoms with Gasteiger partial charge in [-0.3, -0.25) is 9.48 Å². The van der Waals surface area contributed by atoms with Gasteiger partial charge in [0.25, 0.3) is 5.91 Å². The van der Waals surface area contributed by atoms with E-state index in [1.165, 1.54) is 16.7 Å². The number of allylic oxidation sites excluding steroid dienone is 1. The lowest BCUT2D eigenvalue weighted by atomic mass is 9.79.